The zero-order valence-corrected chi connectivity index (χ0v) is 21.3. The number of carbonyl (C=O) groups excluding carboxylic acids is 2. The van der Waals surface area contributed by atoms with E-state index in [1.807, 2.05) is 48.6 Å². The van der Waals surface area contributed by atoms with Gasteiger partial charge in [0.05, 0.1) is 27.1 Å². The van der Waals surface area contributed by atoms with Gasteiger partial charge in [0.25, 0.3) is 0 Å². The van der Waals surface area contributed by atoms with Crippen LogP contribution in [0.4, 0.5) is 0 Å². The van der Waals surface area contributed by atoms with Crippen molar-refractivity contribution in [3.05, 3.63) is 84.0 Å². The standard InChI is InChI=1S/2C15H18O3/c1-3-5-12-8-9-13-11(10-15(16)17-2)6-4-7-14(13)18-12;1-3-4-13-8-7-12-6-5-11(9-14(12)18-13)10-15(16)17-2/h3-4,6-7,12H,1,5,8-10H2,2H3;3,5-6,9,13H,1,4,7-8,10H2,2H3. The van der Waals surface area contributed by atoms with Gasteiger partial charge in [0.2, 0.25) is 0 Å². The average Bonchev–Trinajstić information content (AvgIpc) is 2.89. The molecule has 0 saturated heterocycles. The van der Waals surface area contributed by atoms with Crippen LogP contribution < -0.4 is 9.47 Å². The number of esters is 2. The lowest BCUT2D eigenvalue weighted by atomic mass is 9.94. The number of hydrogen-bond acceptors (Lipinski definition) is 6. The topological polar surface area (TPSA) is 71.1 Å². The van der Waals surface area contributed by atoms with Crippen LogP contribution in [0.1, 0.15) is 47.9 Å². The lowest BCUT2D eigenvalue weighted by Crippen LogP contribution is -2.23. The Hall–Kier alpha value is -3.54. The van der Waals surface area contributed by atoms with Crippen LogP contribution in [0.15, 0.2) is 61.7 Å². The van der Waals surface area contributed by atoms with Gasteiger partial charge in [-0.05, 0) is 60.1 Å². The van der Waals surface area contributed by atoms with Gasteiger partial charge in [0, 0.05) is 12.8 Å². The number of hydrogen-bond donors (Lipinski definition) is 0. The van der Waals surface area contributed by atoms with Gasteiger partial charge >= 0.3 is 11.9 Å². The number of ether oxygens (including phenoxy) is 4. The monoisotopic (exact) mass is 492 g/mol. The average molecular weight is 493 g/mol. The van der Waals surface area contributed by atoms with E-state index in [1.165, 1.54) is 19.8 Å². The Morgan fingerprint density at radius 2 is 1.53 bits per heavy atom. The van der Waals surface area contributed by atoms with Crippen molar-refractivity contribution in [1.29, 1.82) is 0 Å². The first-order chi connectivity index (χ1) is 17.5. The summed E-state index contributed by atoms with van der Waals surface area (Å²) in [4.78, 5) is 22.6. The molecule has 0 amide bonds. The van der Waals surface area contributed by atoms with Crippen LogP contribution in [-0.2, 0) is 44.7 Å². The summed E-state index contributed by atoms with van der Waals surface area (Å²) < 4.78 is 21.2. The summed E-state index contributed by atoms with van der Waals surface area (Å²) in [5.41, 5.74) is 4.29. The molecule has 2 heterocycles. The summed E-state index contributed by atoms with van der Waals surface area (Å²) in [5.74, 6) is 1.36. The molecule has 4 rings (SSSR count). The molecule has 0 aromatic heterocycles. The molecular formula is C30H36O6. The molecule has 2 unspecified atom stereocenters. The van der Waals surface area contributed by atoms with Crippen molar-refractivity contribution in [3.8, 4) is 11.5 Å². The molecule has 2 aliphatic heterocycles. The molecule has 0 aliphatic carbocycles. The summed E-state index contributed by atoms with van der Waals surface area (Å²) in [7, 11) is 2.81. The zero-order valence-electron chi connectivity index (χ0n) is 21.3. The summed E-state index contributed by atoms with van der Waals surface area (Å²) in [6.07, 6.45) is 10.5. The molecule has 0 saturated carbocycles. The first kappa shape index (κ1) is 27.1. The number of fused-ring (bicyclic) bond motifs is 2. The van der Waals surface area contributed by atoms with Crippen molar-refractivity contribution < 1.29 is 28.5 Å². The van der Waals surface area contributed by atoms with E-state index in [-0.39, 0.29) is 24.1 Å². The van der Waals surface area contributed by atoms with Crippen LogP contribution in [0, 0.1) is 0 Å². The smallest absolute Gasteiger partial charge is 0.309 e. The third-order valence-corrected chi connectivity index (χ3v) is 6.40. The fourth-order valence-electron chi connectivity index (χ4n) is 4.47. The number of rotatable bonds is 8. The Bertz CT molecular complexity index is 1060. The van der Waals surface area contributed by atoms with Crippen LogP contribution in [0.25, 0.3) is 0 Å². The van der Waals surface area contributed by atoms with E-state index in [2.05, 4.69) is 17.9 Å². The normalized spacial score (nSPS) is 17.5. The second-order valence-electron chi connectivity index (χ2n) is 8.95. The molecular weight excluding hydrogens is 456 g/mol. The molecule has 2 aliphatic rings. The van der Waals surface area contributed by atoms with Crippen molar-refractivity contribution in [2.45, 2.75) is 63.6 Å². The van der Waals surface area contributed by atoms with E-state index in [4.69, 9.17) is 14.2 Å². The molecule has 0 fully saturated rings. The van der Waals surface area contributed by atoms with Gasteiger partial charge in [0.15, 0.2) is 0 Å². The van der Waals surface area contributed by atoms with Crippen LogP contribution in [0.2, 0.25) is 0 Å². The van der Waals surface area contributed by atoms with E-state index in [0.29, 0.717) is 12.8 Å². The van der Waals surface area contributed by atoms with Gasteiger partial charge in [-0.25, -0.2) is 0 Å². The molecule has 2 aromatic rings. The Morgan fingerprint density at radius 1 is 0.889 bits per heavy atom. The highest BCUT2D eigenvalue weighted by atomic mass is 16.5. The maximum atomic E-state index is 11.4. The molecule has 0 spiro atoms. The van der Waals surface area contributed by atoms with Gasteiger partial charge < -0.3 is 18.9 Å². The number of methoxy groups -OCH3 is 2. The third-order valence-electron chi connectivity index (χ3n) is 6.40. The number of benzene rings is 2. The van der Waals surface area contributed by atoms with E-state index in [1.54, 1.807) is 0 Å². The molecule has 0 radical (unpaired) electrons. The van der Waals surface area contributed by atoms with Crippen molar-refractivity contribution in [3.63, 3.8) is 0 Å². The lowest BCUT2D eigenvalue weighted by molar-refractivity contribution is -0.140. The van der Waals surface area contributed by atoms with E-state index >= 15 is 0 Å². The van der Waals surface area contributed by atoms with Gasteiger partial charge in [-0.1, -0.05) is 36.4 Å². The quantitative estimate of drug-likeness (QED) is 0.366. The maximum Gasteiger partial charge on any atom is 0.309 e. The van der Waals surface area contributed by atoms with Gasteiger partial charge in [-0.2, -0.15) is 0 Å². The lowest BCUT2D eigenvalue weighted by Gasteiger charge is -2.26. The van der Waals surface area contributed by atoms with Gasteiger partial charge in [0.1, 0.15) is 23.7 Å². The largest absolute Gasteiger partial charge is 0.490 e. The molecule has 36 heavy (non-hydrogen) atoms. The maximum absolute atomic E-state index is 11.4. The summed E-state index contributed by atoms with van der Waals surface area (Å²) in [5, 5.41) is 0. The van der Waals surface area contributed by atoms with Crippen LogP contribution >= 0.6 is 0 Å². The summed E-state index contributed by atoms with van der Waals surface area (Å²) >= 11 is 0. The summed E-state index contributed by atoms with van der Waals surface area (Å²) in [6.45, 7) is 7.48. The van der Waals surface area contributed by atoms with Crippen LogP contribution in [-0.4, -0.2) is 38.4 Å². The van der Waals surface area contributed by atoms with Crippen molar-refractivity contribution >= 4 is 11.9 Å². The Balaban J connectivity index is 0.000000201. The fourth-order valence-corrected chi connectivity index (χ4v) is 4.47. The highest BCUT2D eigenvalue weighted by Gasteiger charge is 2.22. The SMILES string of the molecule is C=CCC1CCc2c(CC(=O)OC)cccc2O1.C=CCC1CCc2ccc(CC(=O)OC)cc2O1. The second kappa shape index (κ2) is 13.5. The molecule has 2 aromatic carbocycles. The molecule has 6 nitrogen and oxygen atoms in total. The Morgan fingerprint density at radius 3 is 2.19 bits per heavy atom. The van der Waals surface area contributed by atoms with Crippen molar-refractivity contribution in [2.75, 3.05) is 14.2 Å². The predicted octanol–water partition coefficient (Wildman–Crippen LogP) is 5.34. The first-order valence-corrected chi connectivity index (χ1v) is 12.4. The van der Waals surface area contributed by atoms with E-state index in [9.17, 15) is 9.59 Å². The second-order valence-corrected chi connectivity index (χ2v) is 8.95. The van der Waals surface area contributed by atoms with Gasteiger partial charge in [-0.15, -0.1) is 13.2 Å². The van der Waals surface area contributed by atoms with Gasteiger partial charge in [-0.3, -0.25) is 9.59 Å². The minimum atomic E-state index is -0.228. The van der Waals surface area contributed by atoms with E-state index in [0.717, 1.165) is 66.7 Å². The molecule has 192 valence electrons. The number of aryl methyl sites for hydroxylation is 1. The van der Waals surface area contributed by atoms with Crippen LogP contribution in [0.5, 0.6) is 11.5 Å². The fraction of sp³-hybridized carbons (Fsp3) is 0.400. The van der Waals surface area contributed by atoms with E-state index < -0.39 is 0 Å². The minimum Gasteiger partial charge on any atom is -0.490 e. The van der Waals surface area contributed by atoms with Crippen molar-refractivity contribution in [1.82, 2.24) is 0 Å². The number of carbonyl (C=O) groups is 2. The minimum absolute atomic E-state index is 0.211. The molecule has 2 atom stereocenters. The first-order valence-electron chi connectivity index (χ1n) is 12.4. The predicted molar refractivity (Wildman–Crippen MR) is 139 cm³/mol. The Labute approximate surface area is 213 Å². The Kier molecular flexibility index (Phi) is 10.2. The molecule has 0 bridgehead atoms. The summed E-state index contributed by atoms with van der Waals surface area (Å²) in [6, 6.07) is 11.8. The highest BCUT2D eigenvalue weighted by Crippen LogP contribution is 2.32. The zero-order chi connectivity index (χ0) is 25.9. The van der Waals surface area contributed by atoms with Crippen LogP contribution in [0.3, 0.4) is 0 Å². The molecule has 0 N–H and O–H groups in total. The molecule has 6 heteroatoms. The highest BCUT2D eigenvalue weighted by molar-refractivity contribution is 5.73. The van der Waals surface area contributed by atoms with Crippen molar-refractivity contribution in [2.24, 2.45) is 0 Å². The third kappa shape index (κ3) is 7.48.